The van der Waals surface area contributed by atoms with E-state index in [1.807, 2.05) is 165 Å². The summed E-state index contributed by atoms with van der Waals surface area (Å²) in [5.41, 5.74) is 17.7. The Labute approximate surface area is 494 Å². The molecule has 8 aromatic carbocycles. The number of anilines is 8. The van der Waals surface area contributed by atoms with E-state index < -0.39 is 0 Å². The summed E-state index contributed by atoms with van der Waals surface area (Å²) in [5, 5.41) is 0. The Kier molecular flexibility index (Phi) is 24.7. The molecule has 0 unspecified atom stereocenters. The van der Waals surface area contributed by atoms with Crippen molar-refractivity contribution < 1.29 is 0 Å². The number of thiocarbonyl (C=S) groups is 4. The second kappa shape index (κ2) is 29.8. The van der Waals surface area contributed by atoms with E-state index in [9.17, 15) is 0 Å². The second-order valence-electron chi connectivity index (χ2n) is 16.7. The van der Waals surface area contributed by atoms with Gasteiger partial charge < -0.3 is 119 Å². The van der Waals surface area contributed by atoms with Gasteiger partial charge in [-0.3, -0.25) is 0 Å². The van der Waals surface area contributed by atoms with Crippen molar-refractivity contribution >= 4 is 186 Å². The number of aryl methyl sites for hydroxylation is 8. The molecule has 0 aliphatic carbocycles. The predicted molar refractivity (Wildman–Crippen MR) is 344 cm³/mol. The van der Waals surface area contributed by atoms with E-state index in [0.29, 0.717) is 17.3 Å². The van der Waals surface area contributed by atoms with Crippen molar-refractivity contribution in [2.24, 2.45) is 0 Å². The predicted octanol–water partition coefficient (Wildman–Crippen LogP) is 16.7. The van der Waals surface area contributed by atoms with Crippen molar-refractivity contribution in [2.75, 3.05) is 19.6 Å². The minimum absolute atomic E-state index is 0. The molecule has 4 nitrogen and oxygen atoms in total. The van der Waals surface area contributed by atoms with Crippen molar-refractivity contribution in [1.29, 1.82) is 0 Å². The first-order valence-corrected chi connectivity index (χ1v) is 26.2. The summed E-state index contributed by atoms with van der Waals surface area (Å²) in [6.07, 6.45) is 0. The zero-order valence-corrected chi connectivity index (χ0v) is 51.4. The molecule has 0 amide bonds. The van der Waals surface area contributed by atoms with Crippen LogP contribution in [0.15, 0.2) is 194 Å². The summed E-state index contributed by atoms with van der Waals surface area (Å²) in [4.78, 5) is 7.81. The van der Waals surface area contributed by atoms with Crippen LogP contribution in [-0.2, 0) is 50.5 Å². The molecule has 0 saturated heterocycles. The normalized spacial score (nSPS) is 9.97. The van der Waals surface area contributed by atoms with Crippen LogP contribution >= 0.6 is 48.9 Å². The number of para-hydroxylation sites is 8. The first kappa shape index (κ1) is 60.6. The fourth-order valence-electron chi connectivity index (χ4n) is 7.82. The van der Waals surface area contributed by atoms with Crippen LogP contribution in [0.2, 0.25) is 0 Å². The number of hydrogen-bond donors (Lipinski definition) is 0. The van der Waals surface area contributed by atoms with Crippen LogP contribution in [0.3, 0.4) is 0 Å². The van der Waals surface area contributed by atoms with Crippen LogP contribution in [0.4, 0.5) is 45.5 Å². The van der Waals surface area contributed by atoms with Gasteiger partial charge in [-0.25, -0.2) is 0 Å². The molecule has 0 radical (unpaired) electrons. The van der Waals surface area contributed by atoms with Gasteiger partial charge in [0.05, 0.1) is 0 Å². The number of nitrogens with zero attached hydrogens (tertiary/aromatic N) is 4. The summed E-state index contributed by atoms with van der Waals surface area (Å²) < 4.78 is 1.77. The van der Waals surface area contributed by atoms with Gasteiger partial charge in [0.2, 0.25) is 0 Å². The Morgan fingerprint density at radius 2 is 0.329 bits per heavy atom. The third kappa shape index (κ3) is 16.5. The van der Waals surface area contributed by atoms with Crippen molar-refractivity contribution in [1.82, 2.24) is 0 Å². The van der Waals surface area contributed by atoms with Crippen molar-refractivity contribution in [3.8, 4) is 0 Å². The van der Waals surface area contributed by atoms with Crippen LogP contribution in [-0.4, -0.2) is 41.2 Å². The smallest absolute Gasteiger partial charge is 0.411 e. The monoisotopic (exact) mass is 1210 g/mol. The molecule has 0 bridgehead atoms. The summed E-state index contributed by atoms with van der Waals surface area (Å²) >= 11 is 41.9. The summed E-state index contributed by atoms with van der Waals surface area (Å²) in [6, 6.07) is 65.0. The molecule has 0 saturated carbocycles. The van der Waals surface area contributed by atoms with Gasteiger partial charge in [-0.2, -0.15) is 0 Å². The molecule has 0 aliphatic rings. The third-order valence-corrected chi connectivity index (χ3v) is 13.0. The maximum atomic E-state index is 5.24. The molecular weight excluding hydrogens is 1150 g/mol. The molecule has 0 aromatic heterocycles. The summed E-state index contributed by atoms with van der Waals surface area (Å²) in [7, 11) is 0. The van der Waals surface area contributed by atoms with Gasteiger partial charge in [0, 0.05) is 45.5 Å². The van der Waals surface area contributed by atoms with Gasteiger partial charge in [-0.1, -0.05) is 163 Å². The number of benzene rings is 8. The fourth-order valence-corrected chi connectivity index (χ4v) is 9.39. The zero-order valence-electron chi connectivity index (χ0n) is 42.0. The molecule has 368 valence electrons. The van der Waals surface area contributed by atoms with Crippen molar-refractivity contribution in [3.05, 3.63) is 239 Å². The van der Waals surface area contributed by atoms with E-state index in [2.05, 4.69) is 104 Å². The minimum Gasteiger partial charge on any atom is -0.411 e. The van der Waals surface area contributed by atoms with Crippen LogP contribution in [0.1, 0.15) is 44.5 Å². The van der Waals surface area contributed by atoms with Crippen LogP contribution in [0.25, 0.3) is 0 Å². The van der Waals surface area contributed by atoms with E-state index >= 15 is 0 Å². The standard InChI is InChI=1S/4C15H15NS2.Sn/c4*1-11-7-3-5-9-13(11)16(15(17)18)14-10-6-4-8-12(14)2;/h4*3-10H,1-2H3,(H,17,18);/q;;;;+4/p-4. The maximum Gasteiger partial charge on any atom is 4.00 e. The summed E-state index contributed by atoms with van der Waals surface area (Å²) in [6.45, 7) is 16.5. The first-order chi connectivity index (χ1) is 34.4. The Morgan fingerprint density at radius 3 is 0.411 bits per heavy atom. The Bertz CT molecular complexity index is 2560. The van der Waals surface area contributed by atoms with Gasteiger partial charge in [0.25, 0.3) is 0 Å². The molecule has 0 fully saturated rings. The van der Waals surface area contributed by atoms with Gasteiger partial charge >= 0.3 is 23.9 Å². The van der Waals surface area contributed by atoms with Gasteiger partial charge in [-0.15, -0.1) is 0 Å². The van der Waals surface area contributed by atoms with Crippen molar-refractivity contribution in [2.45, 2.75) is 55.4 Å². The SMILES string of the molecule is Cc1ccccc1N(C(=S)[S-])c1ccccc1C.Cc1ccccc1N(C(=S)[S-])c1ccccc1C.Cc1ccccc1N(C(=S)[S-])c1ccccc1C.Cc1ccccc1N(C(=S)[S-])c1ccccc1C.[Sn+4]. The number of hydrogen-bond acceptors (Lipinski definition) is 8. The van der Waals surface area contributed by atoms with E-state index in [4.69, 9.17) is 99.4 Å². The second-order valence-corrected chi connectivity index (χ2v) is 20.8. The third-order valence-electron chi connectivity index (χ3n) is 11.6. The molecule has 8 aromatic rings. The number of rotatable bonds is 8. The fraction of sp³-hybridized carbons (Fsp3) is 0.133. The maximum absolute atomic E-state index is 5.24. The largest absolute Gasteiger partial charge is 4.00 e. The first-order valence-electron chi connectivity index (χ1n) is 22.9. The minimum atomic E-state index is 0. The van der Waals surface area contributed by atoms with Crippen molar-refractivity contribution in [3.63, 3.8) is 0 Å². The van der Waals surface area contributed by atoms with E-state index in [1.54, 1.807) is 0 Å². The van der Waals surface area contributed by atoms with Gasteiger partial charge in [-0.05, 0) is 148 Å². The Hall–Kier alpha value is -5.00. The molecule has 13 heteroatoms. The topological polar surface area (TPSA) is 13.0 Å². The summed E-state index contributed by atoms with van der Waals surface area (Å²) in [5.74, 6) is 0. The van der Waals surface area contributed by atoms with Crippen LogP contribution in [0.5, 0.6) is 0 Å². The average Bonchev–Trinajstić information content (AvgIpc) is 3.34. The molecule has 8 rings (SSSR count). The van der Waals surface area contributed by atoms with Gasteiger partial charge in [0.1, 0.15) is 0 Å². The molecule has 0 heterocycles. The molecule has 0 spiro atoms. The molecular formula is C60H56N4S8Sn. The van der Waals surface area contributed by atoms with Crippen LogP contribution in [0, 0.1) is 55.4 Å². The molecule has 0 N–H and O–H groups in total. The van der Waals surface area contributed by atoms with Gasteiger partial charge in [0.15, 0.2) is 0 Å². The van der Waals surface area contributed by atoms with E-state index in [1.165, 1.54) is 0 Å². The zero-order chi connectivity index (χ0) is 52.5. The molecule has 73 heavy (non-hydrogen) atoms. The molecule has 0 aliphatic heterocycles. The average molecular weight is 1210 g/mol. The van der Waals surface area contributed by atoms with E-state index in [0.717, 1.165) is 90.0 Å². The Morgan fingerprint density at radius 1 is 0.233 bits per heavy atom. The van der Waals surface area contributed by atoms with E-state index in [-0.39, 0.29) is 23.9 Å². The Balaban J connectivity index is 0.000000210. The molecule has 0 atom stereocenters. The quantitative estimate of drug-likeness (QED) is 0.0817. The van der Waals surface area contributed by atoms with Crippen LogP contribution < -0.4 is 19.6 Å².